The summed E-state index contributed by atoms with van der Waals surface area (Å²) in [4.78, 5) is 11.0. The topological polar surface area (TPSA) is 83.5 Å². The Morgan fingerprint density at radius 3 is 2.82 bits per heavy atom. The largest absolute Gasteiger partial charge is 0.480 e. The first-order valence-corrected chi connectivity index (χ1v) is 6.85. The zero-order chi connectivity index (χ0) is 12.6. The SMILES string of the molecule is CCc1cccc2c1NCC(C(=O)O)S2(=O)=O. The quantitative estimate of drug-likeness (QED) is 0.820. The Labute approximate surface area is 99.4 Å². The number of hydrogen-bond acceptors (Lipinski definition) is 4. The van der Waals surface area contributed by atoms with Crippen molar-refractivity contribution >= 4 is 21.5 Å². The molecule has 0 fully saturated rings. The highest BCUT2D eigenvalue weighted by atomic mass is 32.2. The summed E-state index contributed by atoms with van der Waals surface area (Å²) in [5.41, 5.74) is 1.43. The van der Waals surface area contributed by atoms with Crippen LogP contribution in [0.5, 0.6) is 0 Å². The molecule has 92 valence electrons. The summed E-state index contributed by atoms with van der Waals surface area (Å²) >= 11 is 0. The minimum atomic E-state index is -3.78. The van der Waals surface area contributed by atoms with Crippen LogP contribution in [0, 0.1) is 0 Å². The number of para-hydroxylation sites is 1. The van der Waals surface area contributed by atoms with Crippen LogP contribution in [0.2, 0.25) is 0 Å². The standard InChI is InChI=1S/C11H13NO4S/c1-2-7-4-3-5-8-10(7)12-6-9(11(13)14)17(8,15)16/h3-5,9,12H,2,6H2,1H3,(H,13,14). The van der Waals surface area contributed by atoms with Gasteiger partial charge in [0.2, 0.25) is 0 Å². The molecule has 1 aromatic carbocycles. The third kappa shape index (κ3) is 1.78. The molecule has 1 aliphatic heterocycles. The first kappa shape index (κ1) is 11.9. The summed E-state index contributed by atoms with van der Waals surface area (Å²) in [5.74, 6) is -1.31. The molecule has 5 nitrogen and oxygen atoms in total. The van der Waals surface area contributed by atoms with Gasteiger partial charge in [0.05, 0.1) is 10.6 Å². The highest BCUT2D eigenvalue weighted by Gasteiger charge is 2.39. The molecule has 1 aliphatic rings. The lowest BCUT2D eigenvalue weighted by Crippen LogP contribution is -2.40. The minimum absolute atomic E-state index is 0.0817. The number of rotatable bonds is 2. The number of sulfone groups is 1. The van der Waals surface area contributed by atoms with Crippen molar-refractivity contribution < 1.29 is 18.3 Å². The lowest BCUT2D eigenvalue weighted by Gasteiger charge is -2.25. The van der Waals surface area contributed by atoms with Gasteiger partial charge in [0.1, 0.15) is 0 Å². The number of carboxylic acids is 1. The average Bonchev–Trinajstić information content (AvgIpc) is 2.27. The molecule has 0 spiro atoms. The van der Waals surface area contributed by atoms with E-state index in [1.807, 2.05) is 13.0 Å². The van der Waals surface area contributed by atoms with E-state index in [0.717, 1.165) is 5.56 Å². The average molecular weight is 255 g/mol. The van der Waals surface area contributed by atoms with Gasteiger partial charge in [0.15, 0.2) is 15.1 Å². The van der Waals surface area contributed by atoms with Crippen LogP contribution >= 0.6 is 0 Å². The van der Waals surface area contributed by atoms with Gasteiger partial charge in [-0.3, -0.25) is 4.79 Å². The Hall–Kier alpha value is -1.56. The van der Waals surface area contributed by atoms with Crippen molar-refractivity contribution in [3.05, 3.63) is 23.8 Å². The van der Waals surface area contributed by atoms with Crippen LogP contribution < -0.4 is 5.32 Å². The van der Waals surface area contributed by atoms with Gasteiger partial charge in [-0.1, -0.05) is 19.1 Å². The molecule has 2 N–H and O–H groups in total. The van der Waals surface area contributed by atoms with E-state index in [-0.39, 0.29) is 11.4 Å². The van der Waals surface area contributed by atoms with Crippen LogP contribution in [0.15, 0.2) is 23.1 Å². The first-order valence-electron chi connectivity index (χ1n) is 5.31. The Morgan fingerprint density at radius 1 is 1.53 bits per heavy atom. The third-order valence-corrected chi connectivity index (χ3v) is 4.98. The van der Waals surface area contributed by atoms with Crippen molar-refractivity contribution in [2.45, 2.75) is 23.5 Å². The molecule has 1 heterocycles. The van der Waals surface area contributed by atoms with E-state index in [4.69, 9.17) is 5.11 Å². The number of aryl methyl sites for hydroxylation is 1. The number of carboxylic acid groups (broad SMARTS) is 1. The van der Waals surface area contributed by atoms with Crippen LogP contribution in [0.3, 0.4) is 0 Å². The second kappa shape index (κ2) is 4.03. The summed E-state index contributed by atoms with van der Waals surface area (Å²) in [6, 6.07) is 4.93. The zero-order valence-electron chi connectivity index (χ0n) is 9.30. The molecule has 6 heteroatoms. The maximum atomic E-state index is 12.1. The number of carbonyl (C=O) groups is 1. The molecule has 1 unspecified atom stereocenters. The van der Waals surface area contributed by atoms with E-state index < -0.39 is 21.1 Å². The normalized spacial score (nSPS) is 21.4. The van der Waals surface area contributed by atoms with Crippen molar-refractivity contribution in [3.8, 4) is 0 Å². The van der Waals surface area contributed by atoms with Crippen LogP contribution in [-0.2, 0) is 21.1 Å². The van der Waals surface area contributed by atoms with E-state index >= 15 is 0 Å². The maximum Gasteiger partial charge on any atom is 0.324 e. The second-order valence-electron chi connectivity index (χ2n) is 3.90. The number of benzene rings is 1. The Bertz CT molecular complexity index is 565. The molecular formula is C11H13NO4S. The molecule has 0 radical (unpaired) electrons. The molecule has 17 heavy (non-hydrogen) atoms. The van der Waals surface area contributed by atoms with Crippen LogP contribution in [0.4, 0.5) is 5.69 Å². The highest BCUT2D eigenvalue weighted by Crippen LogP contribution is 2.32. The van der Waals surface area contributed by atoms with Crippen molar-refractivity contribution in [1.29, 1.82) is 0 Å². The van der Waals surface area contributed by atoms with Crippen LogP contribution in [-0.4, -0.2) is 31.3 Å². The number of nitrogens with one attached hydrogen (secondary N) is 1. The number of fused-ring (bicyclic) bond motifs is 1. The molecule has 0 saturated heterocycles. The predicted molar refractivity (Wildman–Crippen MR) is 62.9 cm³/mol. The predicted octanol–water partition coefficient (Wildman–Crippen LogP) is 0.901. The van der Waals surface area contributed by atoms with E-state index in [9.17, 15) is 13.2 Å². The van der Waals surface area contributed by atoms with Crippen LogP contribution in [0.1, 0.15) is 12.5 Å². The van der Waals surface area contributed by atoms with Gasteiger partial charge < -0.3 is 10.4 Å². The molecule has 1 atom stereocenters. The fourth-order valence-corrected chi connectivity index (χ4v) is 3.62. The van der Waals surface area contributed by atoms with Gasteiger partial charge in [0.25, 0.3) is 0 Å². The van der Waals surface area contributed by atoms with Gasteiger partial charge in [-0.2, -0.15) is 0 Å². The molecule has 0 aromatic heterocycles. The second-order valence-corrected chi connectivity index (χ2v) is 6.00. The van der Waals surface area contributed by atoms with Gasteiger partial charge in [0, 0.05) is 6.54 Å². The summed E-state index contributed by atoms with van der Waals surface area (Å²) in [7, 11) is -3.78. The maximum absolute atomic E-state index is 12.1. The lowest BCUT2D eigenvalue weighted by atomic mass is 10.1. The summed E-state index contributed by atoms with van der Waals surface area (Å²) < 4.78 is 24.2. The van der Waals surface area contributed by atoms with Crippen molar-refractivity contribution in [1.82, 2.24) is 0 Å². The molecule has 0 bridgehead atoms. The van der Waals surface area contributed by atoms with Gasteiger partial charge in [-0.15, -0.1) is 0 Å². The Morgan fingerprint density at radius 2 is 2.24 bits per heavy atom. The van der Waals surface area contributed by atoms with Crippen molar-refractivity contribution in [2.75, 3.05) is 11.9 Å². The van der Waals surface area contributed by atoms with E-state index in [1.165, 1.54) is 6.07 Å². The molecule has 2 rings (SSSR count). The van der Waals surface area contributed by atoms with Crippen molar-refractivity contribution in [2.24, 2.45) is 0 Å². The fourth-order valence-electron chi connectivity index (χ4n) is 1.99. The summed E-state index contributed by atoms with van der Waals surface area (Å²) in [6.07, 6.45) is 0.698. The van der Waals surface area contributed by atoms with Gasteiger partial charge >= 0.3 is 5.97 Å². The van der Waals surface area contributed by atoms with E-state index in [1.54, 1.807) is 6.07 Å². The van der Waals surface area contributed by atoms with E-state index in [0.29, 0.717) is 12.1 Å². The Balaban J connectivity index is 2.63. The molecule has 0 aliphatic carbocycles. The fraction of sp³-hybridized carbons (Fsp3) is 0.364. The molecule has 0 amide bonds. The van der Waals surface area contributed by atoms with Crippen LogP contribution in [0.25, 0.3) is 0 Å². The molecular weight excluding hydrogens is 242 g/mol. The first-order chi connectivity index (χ1) is 7.98. The highest BCUT2D eigenvalue weighted by molar-refractivity contribution is 7.93. The Kier molecular flexibility index (Phi) is 2.82. The van der Waals surface area contributed by atoms with E-state index in [2.05, 4.69) is 5.32 Å². The van der Waals surface area contributed by atoms with Crippen molar-refractivity contribution in [3.63, 3.8) is 0 Å². The van der Waals surface area contributed by atoms with Gasteiger partial charge in [-0.25, -0.2) is 8.42 Å². The summed E-state index contributed by atoms with van der Waals surface area (Å²) in [5, 5.41) is 10.4. The monoisotopic (exact) mass is 255 g/mol. The zero-order valence-corrected chi connectivity index (χ0v) is 10.1. The molecule has 0 saturated carbocycles. The lowest BCUT2D eigenvalue weighted by molar-refractivity contribution is -0.136. The van der Waals surface area contributed by atoms with Gasteiger partial charge in [-0.05, 0) is 18.1 Å². The number of aliphatic carboxylic acids is 1. The number of hydrogen-bond donors (Lipinski definition) is 2. The third-order valence-electron chi connectivity index (χ3n) is 2.91. The minimum Gasteiger partial charge on any atom is -0.480 e. The smallest absolute Gasteiger partial charge is 0.324 e. The molecule has 1 aromatic rings. The summed E-state index contributed by atoms with van der Waals surface area (Å²) in [6.45, 7) is 1.84. The number of anilines is 1.